The third-order valence-electron chi connectivity index (χ3n) is 22.8. The number of nitrogens with two attached hydrogens (primary N) is 9. The molecule has 0 bridgehead atoms. The topological polar surface area (TPSA) is 938 Å². The van der Waals surface area contributed by atoms with Crippen molar-refractivity contribution in [2.24, 2.45) is 75.3 Å². The largest absolute Gasteiger partial charge is 0.508 e. The first-order chi connectivity index (χ1) is 69.0. The molecule has 15 atom stereocenters. The van der Waals surface area contributed by atoms with Gasteiger partial charge in [0.05, 0.1) is 38.5 Å². The van der Waals surface area contributed by atoms with Crippen molar-refractivity contribution < 1.29 is 91.4 Å². The van der Waals surface area contributed by atoms with E-state index in [-0.39, 0.29) is 172 Å². The number of benzene rings is 1. The number of nitrogens with one attached hydrogen (secondary N) is 26. The molecule has 55 heteroatoms. The van der Waals surface area contributed by atoms with Gasteiger partial charge in [0.1, 0.15) is 84.3 Å². The number of aromatic nitrogens is 2. The molecule has 146 heavy (non-hydrogen) atoms. The maximum absolute atomic E-state index is 14.7. The smallest absolute Gasteiger partial charge is 0.243 e. The minimum Gasteiger partial charge on any atom is -0.508 e. The summed E-state index contributed by atoms with van der Waals surface area (Å²) in [5.74, 6) is -18.9. The summed E-state index contributed by atoms with van der Waals surface area (Å²) in [4.78, 5) is 259. The molecule has 1 aromatic carbocycles. The van der Waals surface area contributed by atoms with E-state index in [9.17, 15) is 91.4 Å². The second-order valence-corrected chi connectivity index (χ2v) is 36.8. The fraction of sp³-hybridized carbons (Fsp3) is 0.659. The van der Waals surface area contributed by atoms with Gasteiger partial charge in [-0.15, -0.1) is 0 Å². The summed E-state index contributed by atoms with van der Waals surface area (Å²) in [6.07, 6.45) is 4.90. The van der Waals surface area contributed by atoms with Crippen LogP contribution in [0.25, 0.3) is 0 Å². The molecule has 18 amide bonds. The maximum Gasteiger partial charge on any atom is 0.243 e. The molecule has 820 valence electrons. The van der Waals surface area contributed by atoms with E-state index in [1.54, 1.807) is 55.4 Å². The number of hydrogen-bond acceptors (Lipinski definition) is 28. The highest BCUT2D eigenvalue weighted by atomic mass is 16.3. The van der Waals surface area contributed by atoms with Crippen LogP contribution in [0.5, 0.6) is 5.75 Å². The molecule has 2 aromatic rings. The van der Waals surface area contributed by atoms with Gasteiger partial charge in [0.15, 0.2) is 23.8 Å². The van der Waals surface area contributed by atoms with E-state index in [1.807, 2.05) is 0 Å². The van der Waals surface area contributed by atoms with Crippen LogP contribution in [0.2, 0.25) is 0 Å². The summed E-state index contributed by atoms with van der Waals surface area (Å²) in [5.41, 5.74) is 51.6. The Balaban J connectivity index is 2.45. The van der Waals surface area contributed by atoms with Crippen molar-refractivity contribution in [2.75, 3.05) is 72.0 Å². The molecule has 0 unspecified atom stereocenters. The highest BCUT2D eigenvalue weighted by molar-refractivity contribution is 6.01. The second kappa shape index (κ2) is 70.3. The van der Waals surface area contributed by atoms with Crippen molar-refractivity contribution >= 4 is 130 Å². The summed E-state index contributed by atoms with van der Waals surface area (Å²) in [7, 11) is 0. The monoisotopic (exact) mass is 2060 g/mol. The van der Waals surface area contributed by atoms with Gasteiger partial charge in [-0.2, -0.15) is 0 Å². The normalized spacial score (nSPS) is 14.1. The lowest BCUT2D eigenvalue weighted by Crippen LogP contribution is -2.60. The Morgan fingerprint density at radius 3 is 1.05 bits per heavy atom. The van der Waals surface area contributed by atoms with E-state index in [0.717, 1.165) is 0 Å². The van der Waals surface area contributed by atoms with Crippen molar-refractivity contribution in [3.63, 3.8) is 0 Å². The lowest BCUT2D eigenvalue weighted by molar-refractivity contribution is -0.136. The number of carbonyl (C=O) groups excluding carboxylic acids is 18. The Morgan fingerprint density at radius 1 is 0.342 bits per heavy atom. The lowest BCUT2D eigenvalue weighted by atomic mass is 9.97. The summed E-state index contributed by atoms with van der Waals surface area (Å²) in [5, 5.41) is 94.8. The molecule has 0 aliphatic carbocycles. The van der Waals surface area contributed by atoms with Crippen molar-refractivity contribution in [2.45, 2.75) is 288 Å². The fourth-order valence-electron chi connectivity index (χ4n) is 14.6. The molecule has 55 nitrogen and oxygen atoms in total. The van der Waals surface area contributed by atoms with E-state index in [4.69, 9.17) is 73.2 Å². The van der Waals surface area contributed by atoms with Crippen LogP contribution in [0.15, 0.2) is 36.8 Å². The average molecular weight is 2060 g/mol. The Hall–Kier alpha value is -14.4. The average Bonchev–Trinajstić information content (AvgIpc) is 0.953. The van der Waals surface area contributed by atoms with Crippen LogP contribution in [0.4, 0.5) is 0 Å². The van der Waals surface area contributed by atoms with Crippen LogP contribution in [-0.2, 0) is 99.1 Å². The van der Waals surface area contributed by atoms with E-state index in [2.05, 4.69) is 122 Å². The number of H-pyrrole nitrogens is 1. The fourth-order valence-corrected chi connectivity index (χ4v) is 14.6. The van der Waals surface area contributed by atoms with E-state index in [0.29, 0.717) is 49.8 Å². The van der Waals surface area contributed by atoms with E-state index < -0.39 is 247 Å². The Morgan fingerprint density at radius 2 is 0.664 bits per heavy atom. The van der Waals surface area contributed by atoms with Crippen molar-refractivity contribution in [1.29, 1.82) is 21.6 Å². The van der Waals surface area contributed by atoms with Crippen LogP contribution in [0.1, 0.15) is 202 Å². The summed E-state index contributed by atoms with van der Waals surface area (Å²) in [6, 6.07) is -13.4. The molecule has 45 N–H and O–H groups in total. The molecule has 1 aromatic heterocycles. The number of guanidine groups is 4. The zero-order valence-corrected chi connectivity index (χ0v) is 85.1. The van der Waals surface area contributed by atoms with Gasteiger partial charge in [-0.05, 0) is 190 Å². The number of imidazole rings is 1. The van der Waals surface area contributed by atoms with Gasteiger partial charge in [0.25, 0.3) is 0 Å². The molecule has 0 aliphatic rings. The molecule has 0 saturated carbocycles. The first kappa shape index (κ1) is 128. The van der Waals surface area contributed by atoms with Crippen molar-refractivity contribution in [3.05, 3.63) is 48.0 Å². The Bertz CT molecular complexity index is 4550. The molecular formula is C91H162N36O19. The molecule has 0 aliphatic heterocycles. The molecule has 2 rings (SSSR count). The van der Waals surface area contributed by atoms with Crippen LogP contribution in [0, 0.1) is 45.3 Å². The Labute approximate surface area is 850 Å². The van der Waals surface area contributed by atoms with Gasteiger partial charge in [-0.1, -0.05) is 73.9 Å². The number of phenols is 1. The quantitative estimate of drug-likeness (QED) is 0.0166. The summed E-state index contributed by atoms with van der Waals surface area (Å²) < 4.78 is 0. The van der Waals surface area contributed by atoms with Crippen molar-refractivity contribution in [3.8, 4) is 5.75 Å². The second-order valence-electron chi connectivity index (χ2n) is 36.8. The number of primary amides is 1. The molecule has 0 spiro atoms. The van der Waals surface area contributed by atoms with E-state index >= 15 is 0 Å². The predicted molar refractivity (Wildman–Crippen MR) is 543 cm³/mol. The number of aromatic hydroxyl groups is 1. The summed E-state index contributed by atoms with van der Waals surface area (Å²) >= 11 is 0. The third kappa shape index (κ3) is 53.8. The molecule has 0 saturated heterocycles. The number of phenolic OH excluding ortho intramolecular Hbond substituents is 1. The van der Waals surface area contributed by atoms with Crippen molar-refractivity contribution in [1.82, 2.24) is 122 Å². The molecular weight excluding hydrogens is 1900 g/mol. The first-order valence-corrected chi connectivity index (χ1v) is 49.3. The van der Waals surface area contributed by atoms with Gasteiger partial charge in [-0.3, -0.25) is 108 Å². The van der Waals surface area contributed by atoms with Crippen LogP contribution >= 0.6 is 0 Å². The Kier molecular flexibility index (Phi) is 61.5. The van der Waals surface area contributed by atoms with Gasteiger partial charge >= 0.3 is 0 Å². The molecule has 0 fully saturated rings. The number of carbonyl (C=O) groups is 18. The molecule has 1 heterocycles. The van der Waals surface area contributed by atoms with Gasteiger partial charge in [0, 0.05) is 50.9 Å². The zero-order chi connectivity index (χ0) is 110. The predicted octanol–water partition coefficient (Wildman–Crippen LogP) is -9.27. The molecule has 0 radical (unpaired) electrons. The highest BCUT2D eigenvalue weighted by Crippen LogP contribution is 2.18. The third-order valence-corrected chi connectivity index (χ3v) is 22.8. The number of nitrogens with zero attached hydrogens (tertiary/aromatic N) is 1. The SMILES string of the molecule is CC[C@H](C)[C@H](NC(=O)[C@H](CCCCN)NC(=O)[C@H](CCCNC(=N)N)NC(=O)CNC(=O)[C@H](CC(C)C)NC(=O)[C@H](CCCNC(=N)N)NC(=O)[C@H](CCCNC(=N)N)NC(=O)[C@H](CC(C)C)NC(=O)CNC(=O)[C@@H](N)CCCNC(=N)N)C(=O)N[C@@H](C)C(=O)N[C@@H](Cc1cnc[nH]1)C(=O)NCC(=O)N[C@H](C(=O)N[C@@H](CCCCN)C(=O)N[C@@H](CCCCN)C(=O)N[C@@H](Cc1ccc(O)cc1)C(=O)NCC(N)=O)C(C)C. The van der Waals surface area contributed by atoms with Crippen LogP contribution in [-0.4, -0.2) is 302 Å². The highest BCUT2D eigenvalue weighted by Gasteiger charge is 2.39. The number of unbranched alkanes of at least 4 members (excludes halogenated alkanes) is 3. The maximum atomic E-state index is 14.7. The minimum absolute atomic E-state index is 0.00199. The lowest BCUT2D eigenvalue weighted by Gasteiger charge is -2.29. The minimum atomic E-state index is -1.48. The number of hydrogen-bond donors (Lipinski definition) is 36. The standard InChI is InChI=1S/C91H162N36O19/c1-10-52(8)73(87(146)115-53(9)74(133)123-67(42-55-43-105-48-114-55)78(137)113-47-71(132)126-72(51(6)7)86(145)122-60(23-12-15-33-93)80(139)118-59(22-11-14-32-92)82(141)125-66(77(136)110-44-68(96)129)41-54-28-30-56(128)31-29-54)127-84(143)61(24-13-16-34-94)119-79(138)58(25-18-36-107-89(99)100)116-69(130)46-112-76(135)64(39-49(2)3)124-83(142)63(27-20-38-109-91(103)104)120-81(140)62(26-19-37-108-90(101)102)121-85(144)65(40-50(4)5)117-70(131)45-111-75(134)57(95)21-17-35-106-88(97)98/h28-31,43,48-53,57-67,72-73,128H,10-27,32-42,44-47,92-95H2,1-9H3,(H2,96,129)(H,105,114)(H,110,136)(H,111,134)(H,112,135)(H,113,137)(H,115,146)(H,116,130)(H,117,131)(H,118,139)(H,119,138)(H,120,140)(H,121,144)(H,122,145)(H,123,133)(H,124,142)(H,125,141)(H,126,132)(H,127,143)(H4,97,98,106)(H4,99,100,107)(H4,101,102,108)(H4,103,104,109)/t52-,53-,57-,58-,59-,60-,61-,62-,63-,64-,65-,66-,67-,72-,73-/m0/s1. The van der Waals surface area contributed by atoms with Gasteiger partial charge < -0.3 is 173 Å². The van der Waals surface area contributed by atoms with Crippen LogP contribution in [0.3, 0.4) is 0 Å². The number of amides is 18. The zero-order valence-electron chi connectivity index (χ0n) is 85.1. The number of rotatable bonds is 74. The van der Waals surface area contributed by atoms with E-state index in [1.165, 1.54) is 43.7 Å². The summed E-state index contributed by atoms with van der Waals surface area (Å²) in [6.45, 7) is 13.1. The first-order valence-electron chi connectivity index (χ1n) is 49.3. The number of aromatic amines is 1. The van der Waals surface area contributed by atoms with Gasteiger partial charge in [-0.25, -0.2) is 4.98 Å². The van der Waals surface area contributed by atoms with Crippen LogP contribution < -0.4 is 163 Å². The van der Waals surface area contributed by atoms with Gasteiger partial charge in [0.2, 0.25) is 106 Å².